The predicted octanol–water partition coefficient (Wildman–Crippen LogP) is 6.13. The fourth-order valence-electron chi connectivity index (χ4n) is 4.13. The highest BCUT2D eigenvalue weighted by atomic mass is 79.9. The number of halogens is 1. The molecule has 2 heterocycles. The van der Waals surface area contributed by atoms with Gasteiger partial charge in [-0.15, -0.1) is 0 Å². The molecule has 2 aromatic heterocycles. The van der Waals surface area contributed by atoms with Gasteiger partial charge in [0.1, 0.15) is 18.1 Å². The molecule has 42 heavy (non-hydrogen) atoms. The first-order chi connectivity index (χ1) is 20.2. The van der Waals surface area contributed by atoms with E-state index in [1.165, 1.54) is 13.3 Å². The summed E-state index contributed by atoms with van der Waals surface area (Å²) in [5.41, 5.74) is 6.42. The van der Waals surface area contributed by atoms with E-state index in [9.17, 15) is 9.59 Å². The van der Waals surface area contributed by atoms with Crippen molar-refractivity contribution in [1.82, 2.24) is 9.99 Å². The van der Waals surface area contributed by atoms with E-state index in [-0.39, 0.29) is 19.0 Å². The van der Waals surface area contributed by atoms with Gasteiger partial charge in [-0.2, -0.15) is 5.10 Å². The third-order valence-electron chi connectivity index (χ3n) is 6.18. The van der Waals surface area contributed by atoms with Crippen molar-refractivity contribution in [3.63, 3.8) is 0 Å². The van der Waals surface area contributed by atoms with Crippen LogP contribution in [0.5, 0.6) is 17.2 Å². The van der Waals surface area contributed by atoms with Gasteiger partial charge in [0, 0.05) is 17.1 Å². The number of esters is 1. The van der Waals surface area contributed by atoms with Gasteiger partial charge in [-0.05, 0) is 110 Å². The lowest BCUT2D eigenvalue weighted by atomic mass is 10.2. The molecule has 0 spiro atoms. The summed E-state index contributed by atoms with van der Waals surface area (Å²) in [4.78, 5) is 24.5. The Labute approximate surface area is 252 Å². The number of methoxy groups -OCH3 is 1. The van der Waals surface area contributed by atoms with E-state index in [4.69, 9.17) is 23.4 Å². The molecule has 220 valence electrons. The van der Waals surface area contributed by atoms with Crippen molar-refractivity contribution in [2.75, 3.05) is 13.7 Å². The molecular weight excluding hydrogens is 606 g/mol. The molecule has 0 bridgehead atoms. The fourth-order valence-corrected chi connectivity index (χ4v) is 4.69. The normalized spacial score (nSPS) is 11.8. The van der Waals surface area contributed by atoms with Crippen LogP contribution in [0.3, 0.4) is 0 Å². The highest BCUT2D eigenvalue weighted by molar-refractivity contribution is 9.10. The van der Waals surface area contributed by atoms with Gasteiger partial charge in [0.05, 0.1) is 24.4 Å². The number of benzene rings is 2. The van der Waals surface area contributed by atoms with Crippen molar-refractivity contribution < 1.29 is 33.0 Å². The Morgan fingerprint density at radius 1 is 1.07 bits per heavy atom. The lowest BCUT2D eigenvalue weighted by molar-refractivity contribution is -0.150. The topological polar surface area (TPSA) is 114 Å². The average molecular weight is 639 g/mol. The van der Waals surface area contributed by atoms with Crippen molar-refractivity contribution in [3.05, 3.63) is 93.6 Å². The maximum Gasteiger partial charge on any atom is 0.347 e. The number of aryl methyl sites for hydroxylation is 2. The van der Waals surface area contributed by atoms with Crippen LogP contribution in [0.2, 0.25) is 0 Å². The van der Waals surface area contributed by atoms with Crippen molar-refractivity contribution in [3.8, 4) is 22.9 Å². The summed E-state index contributed by atoms with van der Waals surface area (Å²) in [6.07, 6.45) is 0.610. The van der Waals surface area contributed by atoms with Crippen molar-refractivity contribution in [2.24, 2.45) is 5.10 Å². The Balaban J connectivity index is 1.32. The fraction of sp³-hybridized carbons (Fsp3) is 0.258. The van der Waals surface area contributed by atoms with Crippen molar-refractivity contribution in [1.29, 1.82) is 0 Å². The van der Waals surface area contributed by atoms with Gasteiger partial charge in [0.2, 0.25) is 0 Å². The molecule has 11 heteroatoms. The van der Waals surface area contributed by atoms with E-state index in [0.29, 0.717) is 33.0 Å². The number of amides is 1. The van der Waals surface area contributed by atoms with E-state index in [2.05, 4.69) is 57.0 Å². The number of ether oxygens (including phenoxy) is 4. The molecule has 0 aliphatic rings. The van der Waals surface area contributed by atoms with Crippen LogP contribution >= 0.6 is 15.9 Å². The van der Waals surface area contributed by atoms with Crippen LogP contribution in [0.25, 0.3) is 5.69 Å². The largest absolute Gasteiger partial charge is 0.493 e. The van der Waals surface area contributed by atoms with Crippen LogP contribution in [0, 0.1) is 13.8 Å². The third kappa shape index (κ3) is 7.41. The van der Waals surface area contributed by atoms with Gasteiger partial charge >= 0.3 is 11.9 Å². The number of carbonyl (C=O) groups excluding carboxylic acids is 2. The maximum atomic E-state index is 12.6. The van der Waals surface area contributed by atoms with Gasteiger partial charge in [-0.25, -0.2) is 10.2 Å². The number of hydrogen-bond donors (Lipinski definition) is 1. The standard InChI is InChI=1S/C31H32BrN3O7/c1-6-39-31(37)21(4)41-29-26(32)15-22(16-28(29)38-5)17-33-34-30(36)27-14-13-25(42-27)18-40-24-11-9-23(10-12-24)35-19(2)7-8-20(35)3/h7-17,21H,6,18H2,1-5H3,(H,34,36)/b33-17+/t21-/m1/s1. The van der Waals surface area contributed by atoms with E-state index >= 15 is 0 Å². The third-order valence-corrected chi connectivity index (χ3v) is 6.77. The molecule has 0 radical (unpaired) electrons. The van der Waals surface area contributed by atoms with Crippen LogP contribution in [0.4, 0.5) is 0 Å². The number of rotatable bonds is 12. The zero-order valence-electron chi connectivity index (χ0n) is 24.0. The number of hydrazone groups is 1. The smallest absolute Gasteiger partial charge is 0.347 e. The van der Waals surface area contributed by atoms with Crippen LogP contribution in [-0.2, 0) is 16.1 Å². The van der Waals surface area contributed by atoms with E-state index < -0.39 is 18.0 Å². The summed E-state index contributed by atoms with van der Waals surface area (Å²) in [6, 6.07) is 18.5. The molecule has 1 amide bonds. The number of nitrogens with zero attached hydrogens (tertiary/aromatic N) is 2. The molecule has 0 saturated carbocycles. The maximum absolute atomic E-state index is 12.6. The Morgan fingerprint density at radius 3 is 2.45 bits per heavy atom. The first-order valence-corrected chi connectivity index (χ1v) is 14.0. The lowest BCUT2D eigenvalue weighted by Crippen LogP contribution is -2.26. The predicted molar refractivity (Wildman–Crippen MR) is 161 cm³/mol. The van der Waals surface area contributed by atoms with Crippen LogP contribution in [-0.4, -0.2) is 42.5 Å². The summed E-state index contributed by atoms with van der Waals surface area (Å²) in [6.45, 7) is 7.85. The zero-order valence-corrected chi connectivity index (χ0v) is 25.6. The van der Waals surface area contributed by atoms with Gasteiger partial charge in [-0.1, -0.05) is 0 Å². The molecule has 2 aromatic carbocycles. The number of furan rings is 1. The Hall–Kier alpha value is -4.51. The molecule has 0 fully saturated rings. The quantitative estimate of drug-likeness (QED) is 0.113. The molecule has 4 aromatic rings. The van der Waals surface area contributed by atoms with Gasteiger partial charge < -0.3 is 27.9 Å². The van der Waals surface area contributed by atoms with Crippen LogP contribution < -0.4 is 19.6 Å². The summed E-state index contributed by atoms with van der Waals surface area (Å²) >= 11 is 3.43. The number of nitrogens with one attached hydrogen (secondary N) is 1. The molecule has 1 atom stereocenters. The molecule has 0 unspecified atom stereocenters. The highest BCUT2D eigenvalue weighted by Crippen LogP contribution is 2.37. The number of carbonyl (C=O) groups is 2. The SMILES string of the molecule is CCOC(=O)[C@@H](C)Oc1c(Br)cc(/C=N/NC(=O)c2ccc(COc3ccc(-n4c(C)ccc4C)cc3)o2)cc1OC. The summed E-state index contributed by atoms with van der Waals surface area (Å²) in [5.74, 6) is 0.969. The molecule has 10 nitrogen and oxygen atoms in total. The molecule has 4 rings (SSSR count). The lowest BCUT2D eigenvalue weighted by Gasteiger charge is -2.17. The first-order valence-electron chi connectivity index (χ1n) is 13.2. The molecule has 0 aliphatic carbocycles. The Morgan fingerprint density at radius 2 is 1.79 bits per heavy atom. The summed E-state index contributed by atoms with van der Waals surface area (Å²) < 4.78 is 30.3. The van der Waals surface area contributed by atoms with Crippen molar-refractivity contribution in [2.45, 2.75) is 40.4 Å². The number of hydrogen-bond acceptors (Lipinski definition) is 8. The Bertz CT molecular complexity index is 1550. The minimum atomic E-state index is -0.832. The molecule has 0 saturated heterocycles. The summed E-state index contributed by atoms with van der Waals surface area (Å²) in [5, 5.41) is 4.01. The number of aromatic nitrogens is 1. The second-order valence-corrected chi connectivity index (χ2v) is 10.1. The Kier molecular flexibility index (Phi) is 10.1. The monoisotopic (exact) mass is 637 g/mol. The van der Waals surface area contributed by atoms with Crippen LogP contribution in [0.1, 0.15) is 47.1 Å². The van der Waals surface area contributed by atoms with Gasteiger partial charge in [0.25, 0.3) is 0 Å². The van der Waals surface area contributed by atoms with Gasteiger partial charge in [-0.3, -0.25) is 4.79 Å². The van der Waals surface area contributed by atoms with E-state index in [1.54, 1.807) is 38.1 Å². The van der Waals surface area contributed by atoms with Crippen molar-refractivity contribution >= 4 is 34.0 Å². The highest BCUT2D eigenvalue weighted by Gasteiger charge is 2.20. The second-order valence-electron chi connectivity index (χ2n) is 9.25. The van der Waals surface area contributed by atoms with E-state index in [1.807, 2.05) is 24.3 Å². The minimum Gasteiger partial charge on any atom is -0.493 e. The van der Waals surface area contributed by atoms with Gasteiger partial charge in [0.15, 0.2) is 23.4 Å². The van der Waals surface area contributed by atoms with Crippen LogP contribution in [0.15, 0.2) is 74.7 Å². The molecule has 1 N–H and O–H groups in total. The molecular formula is C31H32BrN3O7. The van der Waals surface area contributed by atoms with E-state index in [0.717, 1.165) is 17.1 Å². The average Bonchev–Trinajstić information content (AvgIpc) is 3.59. The first kappa shape index (κ1) is 30.4. The second kappa shape index (κ2) is 13.9. The summed E-state index contributed by atoms with van der Waals surface area (Å²) in [7, 11) is 1.48. The zero-order chi connectivity index (χ0) is 30.2. The minimum absolute atomic E-state index is 0.0927. The molecule has 0 aliphatic heterocycles.